The minimum atomic E-state index is -0.416. The molecule has 3 amide bonds. The molecule has 1 rings (SSSR count). The van der Waals surface area contributed by atoms with E-state index in [0.717, 1.165) is 4.90 Å². The first kappa shape index (κ1) is 16.3. The van der Waals surface area contributed by atoms with Crippen LogP contribution < -0.4 is 5.32 Å². The molecule has 0 atom stereocenters. The van der Waals surface area contributed by atoms with Gasteiger partial charge in [-0.3, -0.25) is 24.1 Å². The average Bonchev–Trinajstić information content (AvgIpc) is 2.70. The molecule has 20 heavy (non-hydrogen) atoms. The quantitative estimate of drug-likeness (QED) is 0.195. The topological polar surface area (TPSA) is 105 Å². The van der Waals surface area contributed by atoms with Gasteiger partial charge in [-0.1, -0.05) is 5.16 Å². The van der Waals surface area contributed by atoms with E-state index in [0.29, 0.717) is 0 Å². The SMILES string of the molecule is O=C(I)CON=CCNC(=O)CCN1C(=O)C=CC1=O. The predicted molar refractivity (Wildman–Crippen MR) is 77.0 cm³/mol. The van der Waals surface area contributed by atoms with Crippen LogP contribution >= 0.6 is 22.6 Å². The molecule has 1 N–H and O–H groups in total. The lowest BCUT2D eigenvalue weighted by atomic mass is 10.3. The first-order valence-corrected chi connectivity index (χ1v) is 6.71. The summed E-state index contributed by atoms with van der Waals surface area (Å²) in [5.41, 5.74) is 0. The van der Waals surface area contributed by atoms with Gasteiger partial charge in [0.25, 0.3) is 11.8 Å². The van der Waals surface area contributed by atoms with Gasteiger partial charge in [0.1, 0.15) is 0 Å². The van der Waals surface area contributed by atoms with Crippen LogP contribution in [0.2, 0.25) is 0 Å². The molecule has 0 fully saturated rings. The van der Waals surface area contributed by atoms with Crippen LogP contribution in [0.1, 0.15) is 6.42 Å². The van der Waals surface area contributed by atoms with Crippen LogP contribution in [0.4, 0.5) is 0 Å². The van der Waals surface area contributed by atoms with Crippen molar-refractivity contribution < 1.29 is 24.0 Å². The second-order valence-electron chi connectivity index (χ2n) is 3.63. The highest BCUT2D eigenvalue weighted by molar-refractivity contribution is 14.1. The van der Waals surface area contributed by atoms with Crippen LogP contribution in [0, 0.1) is 0 Å². The fraction of sp³-hybridized carbons (Fsp3) is 0.364. The Bertz CT molecular complexity index is 457. The maximum Gasteiger partial charge on any atom is 0.253 e. The van der Waals surface area contributed by atoms with Crippen LogP contribution in [0.5, 0.6) is 0 Å². The van der Waals surface area contributed by atoms with E-state index in [1.165, 1.54) is 18.4 Å². The van der Waals surface area contributed by atoms with Gasteiger partial charge in [0.05, 0.1) is 12.8 Å². The molecule has 108 valence electrons. The number of imide groups is 1. The van der Waals surface area contributed by atoms with Crippen molar-refractivity contribution >= 4 is 50.3 Å². The second-order valence-corrected chi connectivity index (χ2v) is 4.84. The Hall–Kier alpha value is -1.78. The van der Waals surface area contributed by atoms with E-state index >= 15 is 0 Å². The Balaban J connectivity index is 2.13. The molecular formula is C11H12IN3O5. The van der Waals surface area contributed by atoms with Crippen LogP contribution in [0.3, 0.4) is 0 Å². The van der Waals surface area contributed by atoms with E-state index in [9.17, 15) is 19.2 Å². The summed E-state index contributed by atoms with van der Waals surface area (Å²) in [6, 6.07) is 0. The third-order valence-corrected chi connectivity index (χ3v) is 2.49. The molecule has 0 aromatic rings. The summed E-state index contributed by atoms with van der Waals surface area (Å²) in [5.74, 6) is -1.16. The van der Waals surface area contributed by atoms with Gasteiger partial charge in [-0.05, 0) is 0 Å². The van der Waals surface area contributed by atoms with Gasteiger partial charge in [-0.15, -0.1) is 0 Å². The Morgan fingerprint density at radius 1 is 1.35 bits per heavy atom. The van der Waals surface area contributed by atoms with Crippen molar-refractivity contribution in [2.75, 3.05) is 19.7 Å². The lowest BCUT2D eigenvalue weighted by Gasteiger charge is -2.12. The van der Waals surface area contributed by atoms with Crippen LogP contribution in [-0.2, 0) is 24.0 Å². The molecule has 0 aromatic heterocycles. The van der Waals surface area contributed by atoms with E-state index in [-0.39, 0.29) is 35.8 Å². The Kier molecular flexibility index (Phi) is 6.84. The largest absolute Gasteiger partial charge is 0.387 e. The van der Waals surface area contributed by atoms with E-state index in [2.05, 4.69) is 15.3 Å². The van der Waals surface area contributed by atoms with E-state index in [1.54, 1.807) is 22.6 Å². The van der Waals surface area contributed by atoms with Crippen LogP contribution in [-0.4, -0.2) is 52.3 Å². The second kappa shape index (κ2) is 8.40. The molecule has 1 aliphatic heterocycles. The first-order valence-electron chi connectivity index (χ1n) is 5.63. The van der Waals surface area contributed by atoms with Gasteiger partial charge in [-0.25, -0.2) is 0 Å². The minimum absolute atomic E-state index is 0.0140. The maximum atomic E-state index is 11.4. The monoisotopic (exact) mass is 393 g/mol. The number of oxime groups is 1. The summed E-state index contributed by atoms with van der Waals surface area (Å²) in [5, 5.41) is 5.95. The Morgan fingerprint density at radius 3 is 2.60 bits per heavy atom. The number of nitrogens with one attached hydrogen (secondary N) is 1. The van der Waals surface area contributed by atoms with Gasteiger partial charge >= 0.3 is 0 Å². The van der Waals surface area contributed by atoms with Crippen molar-refractivity contribution in [2.45, 2.75) is 6.42 Å². The van der Waals surface area contributed by atoms with E-state index in [4.69, 9.17) is 0 Å². The van der Waals surface area contributed by atoms with Crippen molar-refractivity contribution in [3.63, 3.8) is 0 Å². The number of hydrogen-bond donors (Lipinski definition) is 1. The number of hydrogen-bond acceptors (Lipinski definition) is 6. The Labute approximate surface area is 128 Å². The predicted octanol–water partition coefficient (Wildman–Crippen LogP) is -0.618. The highest BCUT2D eigenvalue weighted by Gasteiger charge is 2.23. The molecule has 1 aliphatic rings. The molecule has 0 saturated heterocycles. The highest BCUT2D eigenvalue weighted by atomic mass is 127. The molecule has 0 aromatic carbocycles. The van der Waals surface area contributed by atoms with Gasteiger partial charge in [0.15, 0.2) is 6.61 Å². The van der Waals surface area contributed by atoms with Gasteiger partial charge in [0, 0.05) is 47.7 Å². The zero-order valence-corrected chi connectivity index (χ0v) is 12.5. The number of halogens is 1. The number of amides is 3. The van der Waals surface area contributed by atoms with Gasteiger partial charge < -0.3 is 10.2 Å². The number of carbonyl (C=O) groups is 4. The number of carbonyl (C=O) groups excluding carboxylic acids is 4. The van der Waals surface area contributed by atoms with Crippen LogP contribution in [0.15, 0.2) is 17.3 Å². The summed E-state index contributed by atoms with van der Waals surface area (Å²) in [7, 11) is 0. The third-order valence-electron chi connectivity index (χ3n) is 2.18. The molecule has 8 nitrogen and oxygen atoms in total. The Morgan fingerprint density at radius 2 is 2.00 bits per heavy atom. The summed E-state index contributed by atoms with van der Waals surface area (Å²) in [6.45, 7) is 0.0408. The van der Waals surface area contributed by atoms with Crippen molar-refractivity contribution in [1.29, 1.82) is 0 Å². The lowest BCUT2D eigenvalue weighted by Crippen LogP contribution is -2.35. The average molecular weight is 393 g/mol. The summed E-state index contributed by atoms with van der Waals surface area (Å²) in [6.07, 6.45) is 3.64. The molecule has 0 radical (unpaired) electrons. The molecule has 0 unspecified atom stereocenters. The van der Waals surface area contributed by atoms with E-state index < -0.39 is 11.8 Å². The standard InChI is InChI=1S/C11H12IN3O5/c12-8(16)7-20-14-5-4-13-9(17)3-6-15-10(18)1-2-11(15)19/h1-2,5H,3-4,6-7H2,(H,13,17). The molecular weight excluding hydrogens is 381 g/mol. The fourth-order valence-corrected chi connectivity index (χ4v) is 1.43. The highest BCUT2D eigenvalue weighted by Crippen LogP contribution is 2.03. The van der Waals surface area contributed by atoms with E-state index in [1.807, 2.05) is 0 Å². The first-order chi connectivity index (χ1) is 9.50. The van der Waals surface area contributed by atoms with Gasteiger partial charge in [0.2, 0.25) is 9.70 Å². The molecule has 1 heterocycles. The summed E-state index contributed by atoms with van der Waals surface area (Å²) < 4.78 is -0.183. The normalized spacial score (nSPS) is 14.2. The molecule has 0 bridgehead atoms. The van der Waals surface area contributed by atoms with Crippen LogP contribution in [0.25, 0.3) is 0 Å². The summed E-state index contributed by atoms with van der Waals surface area (Å²) >= 11 is 1.57. The van der Waals surface area contributed by atoms with Crippen molar-refractivity contribution in [3.05, 3.63) is 12.2 Å². The molecule has 0 saturated carbocycles. The molecule has 0 aliphatic carbocycles. The minimum Gasteiger partial charge on any atom is -0.387 e. The van der Waals surface area contributed by atoms with Crippen molar-refractivity contribution in [2.24, 2.45) is 5.16 Å². The molecule has 9 heteroatoms. The summed E-state index contributed by atoms with van der Waals surface area (Å²) in [4.78, 5) is 49.9. The van der Waals surface area contributed by atoms with Gasteiger partial charge in [-0.2, -0.15) is 0 Å². The zero-order chi connectivity index (χ0) is 15.0. The molecule has 0 spiro atoms. The number of nitrogens with zero attached hydrogens (tertiary/aromatic N) is 2. The maximum absolute atomic E-state index is 11.4. The number of rotatable bonds is 8. The smallest absolute Gasteiger partial charge is 0.253 e. The lowest BCUT2D eigenvalue weighted by molar-refractivity contribution is -0.137. The fourth-order valence-electron chi connectivity index (χ4n) is 1.29. The van der Waals surface area contributed by atoms with Crippen molar-refractivity contribution in [3.8, 4) is 0 Å². The van der Waals surface area contributed by atoms with Crippen molar-refractivity contribution in [1.82, 2.24) is 10.2 Å². The third kappa shape index (κ3) is 5.91. The zero-order valence-electron chi connectivity index (χ0n) is 10.4.